The molecule has 33 heavy (non-hydrogen) atoms. The van der Waals surface area contributed by atoms with Gasteiger partial charge in [-0.15, -0.1) is 0 Å². The van der Waals surface area contributed by atoms with E-state index < -0.39 is 11.2 Å². The van der Waals surface area contributed by atoms with E-state index in [1.165, 1.54) is 11.6 Å². The van der Waals surface area contributed by atoms with Crippen molar-refractivity contribution in [3.8, 4) is 0 Å². The lowest BCUT2D eigenvalue weighted by molar-refractivity contribution is 0.703. The molecule has 0 atom stereocenters. The van der Waals surface area contributed by atoms with Crippen LogP contribution in [0.3, 0.4) is 0 Å². The standard InChI is InChI=1S/C25H22N6O2/c1-29-22-21(23(32)30(2)25(29)33)31(16-19-13-8-12-18-11-6-7-14-20(18)19)24(27-22)28-26-15-17-9-4-3-5-10-17/h3-15H,16H2,1-2H3,(H,27,28). The average Bonchev–Trinajstić information content (AvgIpc) is 3.20. The molecule has 0 amide bonds. The molecule has 8 nitrogen and oxygen atoms in total. The van der Waals surface area contributed by atoms with Gasteiger partial charge in [0, 0.05) is 14.1 Å². The predicted octanol–water partition coefficient (Wildman–Crippen LogP) is 3.08. The molecule has 2 aromatic heterocycles. The van der Waals surface area contributed by atoms with Gasteiger partial charge < -0.3 is 0 Å². The number of hydrogen-bond acceptors (Lipinski definition) is 5. The molecule has 0 saturated carbocycles. The Balaban J connectivity index is 1.67. The lowest BCUT2D eigenvalue weighted by atomic mass is 10.0. The number of anilines is 1. The Morgan fingerprint density at radius 3 is 2.45 bits per heavy atom. The van der Waals surface area contributed by atoms with Crippen LogP contribution in [-0.4, -0.2) is 24.9 Å². The summed E-state index contributed by atoms with van der Waals surface area (Å²) in [4.78, 5) is 30.2. The fourth-order valence-corrected chi connectivity index (χ4v) is 3.99. The monoisotopic (exact) mass is 438 g/mol. The first-order valence-corrected chi connectivity index (χ1v) is 10.5. The molecule has 5 aromatic rings. The van der Waals surface area contributed by atoms with Crippen LogP contribution < -0.4 is 16.7 Å². The Labute approximate surface area is 189 Å². The predicted molar refractivity (Wildman–Crippen MR) is 131 cm³/mol. The quantitative estimate of drug-likeness (QED) is 0.338. The van der Waals surface area contributed by atoms with Gasteiger partial charge in [-0.05, 0) is 21.9 Å². The minimum Gasteiger partial charge on any atom is -0.298 e. The Kier molecular flexibility index (Phi) is 5.10. The van der Waals surface area contributed by atoms with Gasteiger partial charge in [0.2, 0.25) is 5.95 Å². The van der Waals surface area contributed by atoms with Gasteiger partial charge in [0.25, 0.3) is 5.56 Å². The highest BCUT2D eigenvalue weighted by Gasteiger charge is 2.19. The average molecular weight is 438 g/mol. The fraction of sp³-hybridized carbons (Fsp3) is 0.120. The Morgan fingerprint density at radius 1 is 0.909 bits per heavy atom. The van der Waals surface area contributed by atoms with Crippen LogP contribution in [0.4, 0.5) is 5.95 Å². The first-order valence-electron chi connectivity index (χ1n) is 10.5. The Hall–Kier alpha value is -4.46. The van der Waals surface area contributed by atoms with Gasteiger partial charge >= 0.3 is 5.69 Å². The third kappa shape index (κ3) is 3.61. The number of hydrazone groups is 1. The summed E-state index contributed by atoms with van der Waals surface area (Å²) in [6, 6.07) is 23.8. The fourth-order valence-electron chi connectivity index (χ4n) is 3.99. The first-order chi connectivity index (χ1) is 16.0. The molecular formula is C25H22N6O2. The van der Waals surface area contributed by atoms with Crippen molar-refractivity contribution in [1.82, 2.24) is 18.7 Å². The number of aromatic nitrogens is 4. The van der Waals surface area contributed by atoms with Gasteiger partial charge in [-0.1, -0.05) is 72.8 Å². The third-order valence-electron chi connectivity index (χ3n) is 5.73. The SMILES string of the molecule is Cn1c(=O)c2c(nc(NN=Cc3ccccc3)n2Cc2cccc3ccccc23)n(C)c1=O. The number of nitrogens with one attached hydrogen (secondary N) is 1. The number of nitrogens with zero attached hydrogens (tertiary/aromatic N) is 5. The van der Waals surface area contributed by atoms with Crippen molar-refractivity contribution >= 4 is 34.1 Å². The van der Waals surface area contributed by atoms with Gasteiger partial charge in [0.1, 0.15) is 0 Å². The van der Waals surface area contributed by atoms with Crippen molar-refractivity contribution in [3.05, 3.63) is 105 Å². The van der Waals surface area contributed by atoms with Crippen molar-refractivity contribution in [2.45, 2.75) is 6.54 Å². The molecule has 1 N–H and O–H groups in total. The first kappa shape index (κ1) is 20.4. The van der Waals surface area contributed by atoms with Crippen LogP contribution in [0.2, 0.25) is 0 Å². The second kappa shape index (κ2) is 8.23. The molecule has 8 heteroatoms. The van der Waals surface area contributed by atoms with Crippen molar-refractivity contribution in [1.29, 1.82) is 0 Å². The van der Waals surface area contributed by atoms with E-state index in [0.717, 1.165) is 26.5 Å². The molecule has 0 fully saturated rings. The summed E-state index contributed by atoms with van der Waals surface area (Å²) in [7, 11) is 3.08. The van der Waals surface area contributed by atoms with Gasteiger partial charge in [0.05, 0.1) is 12.8 Å². The van der Waals surface area contributed by atoms with E-state index in [1.807, 2.05) is 54.6 Å². The summed E-state index contributed by atoms with van der Waals surface area (Å²) in [5, 5.41) is 6.51. The van der Waals surface area contributed by atoms with E-state index >= 15 is 0 Å². The van der Waals surface area contributed by atoms with Gasteiger partial charge in [-0.2, -0.15) is 10.1 Å². The van der Waals surface area contributed by atoms with Crippen molar-refractivity contribution in [2.75, 3.05) is 5.43 Å². The van der Waals surface area contributed by atoms with E-state index in [4.69, 9.17) is 0 Å². The molecule has 0 bridgehead atoms. The molecular weight excluding hydrogens is 416 g/mol. The highest BCUT2D eigenvalue weighted by atomic mass is 16.2. The van der Waals surface area contributed by atoms with E-state index in [2.05, 4.69) is 33.7 Å². The minimum absolute atomic E-state index is 0.306. The summed E-state index contributed by atoms with van der Waals surface area (Å²) in [6.45, 7) is 0.383. The van der Waals surface area contributed by atoms with Crippen molar-refractivity contribution in [3.63, 3.8) is 0 Å². The minimum atomic E-state index is -0.429. The maximum Gasteiger partial charge on any atom is 0.332 e. The van der Waals surface area contributed by atoms with E-state index in [9.17, 15) is 9.59 Å². The van der Waals surface area contributed by atoms with Crippen LogP contribution >= 0.6 is 0 Å². The molecule has 0 aliphatic rings. The van der Waals surface area contributed by atoms with E-state index in [1.54, 1.807) is 17.8 Å². The van der Waals surface area contributed by atoms with Crippen molar-refractivity contribution < 1.29 is 0 Å². The van der Waals surface area contributed by atoms with Crippen LogP contribution in [0.25, 0.3) is 21.9 Å². The van der Waals surface area contributed by atoms with Crippen LogP contribution in [0, 0.1) is 0 Å². The van der Waals surface area contributed by atoms with Crippen LogP contribution in [0.5, 0.6) is 0 Å². The summed E-state index contributed by atoms with van der Waals surface area (Å²) < 4.78 is 4.25. The lowest BCUT2D eigenvalue weighted by Crippen LogP contribution is -2.37. The largest absolute Gasteiger partial charge is 0.332 e. The van der Waals surface area contributed by atoms with Crippen LogP contribution in [0.15, 0.2) is 87.5 Å². The zero-order chi connectivity index (χ0) is 22.9. The number of hydrogen-bond donors (Lipinski definition) is 1. The number of aryl methyl sites for hydroxylation is 1. The van der Waals surface area contributed by atoms with E-state index in [-0.39, 0.29) is 0 Å². The molecule has 0 aliphatic carbocycles. The van der Waals surface area contributed by atoms with Crippen LogP contribution in [-0.2, 0) is 20.6 Å². The highest BCUT2D eigenvalue weighted by molar-refractivity contribution is 5.86. The lowest BCUT2D eigenvalue weighted by Gasteiger charge is -2.11. The van der Waals surface area contributed by atoms with Crippen molar-refractivity contribution in [2.24, 2.45) is 19.2 Å². The van der Waals surface area contributed by atoms with Gasteiger partial charge in [-0.3, -0.25) is 18.5 Å². The summed E-state index contributed by atoms with van der Waals surface area (Å²) in [5.41, 5.74) is 4.73. The maximum absolute atomic E-state index is 13.1. The Bertz CT molecular complexity index is 1620. The topological polar surface area (TPSA) is 86.2 Å². The number of fused-ring (bicyclic) bond motifs is 2. The zero-order valence-corrected chi connectivity index (χ0v) is 18.3. The Morgan fingerprint density at radius 2 is 1.64 bits per heavy atom. The number of imidazole rings is 1. The zero-order valence-electron chi connectivity index (χ0n) is 18.3. The molecule has 164 valence electrons. The summed E-state index contributed by atoms with van der Waals surface area (Å²) in [5.74, 6) is 0.378. The molecule has 0 unspecified atom stereocenters. The van der Waals surface area contributed by atoms with Gasteiger partial charge in [0.15, 0.2) is 11.2 Å². The molecule has 0 saturated heterocycles. The number of benzene rings is 3. The third-order valence-corrected chi connectivity index (χ3v) is 5.73. The second-order valence-electron chi connectivity index (χ2n) is 7.82. The molecule has 5 rings (SSSR count). The molecule has 0 aliphatic heterocycles. The van der Waals surface area contributed by atoms with Gasteiger partial charge in [-0.25, -0.2) is 10.2 Å². The number of rotatable bonds is 5. The molecule has 3 aromatic carbocycles. The second-order valence-corrected chi connectivity index (χ2v) is 7.82. The summed E-state index contributed by atoms with van der Waals surface area (Å²) >= 11 is 0. The maximum atomic E-state index is 13.1. The molecule has 0 radical (unpaired) electrons. The van der Waals surface area contributed by atoms with E-state index in [0.29, 0.717) is 23.7 Å². The summed E-state index contributed by atoms with van der Waals surface area (Å²) in [6.07, 6.45) is 1.68. The normalized spacial score (nSPS) is 11.6. The smallest absolute Gasteiger partial charge is 0.298 e. The molecule has 0 spiro atoms. The highest BCUT2D eigenvalue weighted by Crippen LogP contribution is 2.23. The van der Waals surface area contributed by atoms with Crippen LogP contribution in [0.1, 0.15) is 11.1 Å². The molecule has 2 heterocycles.